The first kappa shape index (κ1) is 25.4. The first-order valence-corrected chi connectivity index (χ1v) is 14.3. The van der Waals surface area contributed by atoms with Crippen LogP contribution in [0.3, 0.4) is 0 Å². The number of piperazine rings is 1. The van der Waals surface area contributed by atoms with Crippen molar-refractivity contribution in [3.63, 3.8) is 0 Å². The zero-order valence-electron chi connectivity index (χ0n) is 21.5. The van der Waals surface area contributed by atoms with Gasteiger partial charge in [0.15, 0.2) is 0 Å². The van der Waals surface area contributed by atoms with E-state index in [1.54, 1.807) is 14.8 Å². The van der Waals surface area contributed by atoms with Crippen molar-refractivity contribution in [2.75, 3.05) is 57.3 Å². The Kier molecular flexibility index (Phi) is 6.74. The van der Waals surface area contributed by atoms with E-state index in [0.717, 1.165) is 23.0 Å². The van der Waals surface area contributed by atoms with Gasteiger partial charge in [0.25, 0.3) is 10.2 Å². The van der Waals surface area contributed by atoms with Gasteiger partial charge >= 0.3 is 0 Å². The summed E-state index contributed by atoms with van der Waals surface area (Å²) < 4.78 is 36.2. The third-order valence-electron chi connectivity index (χ3n) is 8.32. The van der Waals surface area contributed by atoms with Crippen LogP contribution in [0.15, 0.2) is 36.5 Å². The second-order valence-electron chi connectivity index (χ2n) is 10.8. The first-order chi connectivity index (χ1) is 17.1. The van der Waals surface area contributed by atoms with Crippen LogP contribution in [0, 0.1) is 0 Å². The lowest BCUT2D eigenvalue weighted by Gasteiger charge is -2.51. The molecule has 1 amide bonds. The van der Waals surface area contributed by atoms with Crippen LogP contribution in [0.5, 0.6) is 0 Å². The lowest BCUT2D eigenvalue weighted by Crippen LogP contribution is -2.64. The minimum absolute atomic E-state index is 0.0163. The summed E-state index contributed by atoms with van der Waals surface area (Å²) in [5, 5.41) is 1.10. The highest BCUT2D eigenvalue weighted by Crippen LogP contribution is 2.35. The Hall–Kier alpha value is -2.27. The number of carbonyl (C=O) groups is 1. The predicted molar refractivity (Wildman–Crippen MR) is 140 cm³/mol. The van der Waals surface area contributed by atoms with Crippen molar-refractivity contribution < 1.29 is 17.9 Å². The fourth-order valence-electron chi connectivity index (χ4n) is 5.48. The van der Waals surface area contributed by atoms with Crippen LogP contribution in [0.25, 0.3) is 10.9 Å². The molecular weight excluding hydrogens is 478 g/mol. The minimum Gasteiger partial charge on any atom is -0.369 e. The Labute approximate surface area is 214 Å². The average Bonchev–Trinajstić information content (AvgIpc) is 2.90. The van der Waals surface area contributed by atoms with E-state index in [9.17, 15) is 13.2 Å². The van der Waals surface area contributed by atoms with E-state index in [-0.39, 0.29) is 18.1 Å². The summed E-state index contributed by atoms with van der Waals surface area (Å²) in [6.07, 6.45) is 3.84. The summed E-state index contributed by atoms with van der Waals surface area (Å²) in [7, 11) is -3.55. The maximum Gasteiger partial charge on any atom is 0.282 e. The van der Waals surface area contributed by atoms with Gasteiger partial charge in [-0.25, -0.2) is 0 Å². The summed E-state index contributed by atoms with van der Waals surface area (Å²) in [6.45, 7) is 9.85. The van der Waals surface area contributed by atoms with Crippen LogP contribution in [-0.2, 0) is 19.7 Å². The second-order valence-corrected chi connectivity index (χ2v) is 12.7. The fraction of sp³-hybridized carbons (Fsp3) is 0.615. The van der Waals surface area contributed by atoms with Gasteiger partial charge in [-0.05, 0) is 51.3 Å². The number of aromatic nitrogens is 1. The maximum absolute atomic E-state index is 13.5. The Morgan fingerprint density at radius 1 is 1.03 bits per heavy atom. The standard InChI is InChI=1S/C26H37N5O4S/c1-4-25(2,3)31-20-26(35-19-24(31)32)9-12-29(13-10-26)36(33,34)30-16-14-28(15-17-30)22-8-7-21-6-5-11-27-23(21)18-22/h5-8,11,18H,4,9-10,12-17,19-20H2,1-3H3. The largest absolute Gasteiger partial charge is 0.369 e. The zero-order valence-corrected chi connectivity index (χ0v) is 22.3. The smallest absolute Gasteiger partial charge is 0.282 e. The molecule has 0 unspecified atom stereocenters. The van der Waals surface area contributed by atoms with E-state index in [1.165, 1.54) is 0 Å². The Morgan fingerprint density at radius 3 is 2.42 bits per heavy atom. The summed E-state index contributed by atoms with van der Waals surface area (Å²) in [5.74, 6) is 0.0163. The molecule has 2 aromatic rings. The van der Waals surface area contributed by atoms with Gasteiger partial charge in [0.1, 0.15) is 6.61 Å². The number of morpholine rings is 1. The quantitative estimate of drug-likeness (QED) is 0.608. The summed E-state index contributed by atoms with van der Waals surface area (Å²) in [5.41, 5.74) is 1.31. The molecule has 5 rings (SSSR count). The first-order valence-electron chi connectivity index (χ1n) is 12.9. The molecule has 1 spiro atoms. The topological polar surface area (TPSA) is 86.3 Å². The highest BCUT2D eigenvalue weighted by molar-refractivity contribution is 7.86. The van der Waals surface area contributed by atoms with Crippen molar-refractivity contribution in [3.05, 3.63) is 36.5 Å². The lowest BCUT2D eigenvalue weighted by molar-refractivity contribution is -0.179. The molecule has 196 valence electrons. The number of anilines is 1. The van der Waals surface area contributed by atoms with E-state index in [2.05, 4.69) is 48.9 Å². The number of ether oxygens (including phenoxy) is 1. The van der Waals surface area contributed by atoms with Crippen LogP contribution in [0.2, 0.25) is 0 Å². The van der Waals surface area contributed by atoms with Crippen LogP contribution in [-0.4, -0.2) is 96.4 Å². The Balaban J connectivity index is 1.20. The van der Waals surface area contributed by atoms with Crippen molar-refractivity contribution in [2.24, 2.45) is 0 Å². The van der Waals surface area contributed by atoms with Crippen LogP contribution in [0.1, 0.15) is 40.0 Å². The molecule has 3 fully saturated rings. The Morgan fingerprint density at radius 2 is 1.72 bits per heavy atom. The van der Waals surface area contributed by atoms with Crippen molar-refractivity contribution >= 4 is 32.7 Å². The molecule has 0 N–H and O–H groups in total. The molecule has 4 heterocycles. The van der Waals surface area contributed by atoms with Crippen molar-refractivity contribution in [1.29, 1.82) is 0 Å². The molecule has 0 saturated carbocycles. The maximum atomic E-state index is 13.5. The van der Waals surface area contributed by atoms with Gasteiger partial charge in [0.2, 0.25) is 5.91 Å². The highest BCUT2D eigenvalue weighted by atomic mass is 32.2. The van der Waals surface area contributed by atoms with Crippen LogP contribution < -0.4 is 4.90 Å². The summed E-state index contributed by atoms with van der Waals surface area (Å²) in [4.78, 5) is 21.1. The van der Waals surface area contributed by atoms with Gasteiger partial charge in [0, 0.05) is 62.1 Å². The molecule has 3 saturated heterocycles. The average molecular weight is 516 g/mol. The van der Waals surface area contributed by atoms with Crippen molar-refractivity contribution in [3.8, 4) is 0 Å². The van der Waals surface area contributed by atoms with Gasteiger partial charge < -0.3 is 14.5 Å². The van der Waals surface area contributed by atoms with Gasteiger partial charge in [0.05, 0.1) is 17.7 Å². The number of amides is 1. The molecule has 0 aliphatic carbocycles. The van der Waals surface area contributed by atoms with E-state index in [0.29, 0.717) is 58.7 Å². The Bertz CT molecular complexity index is 1220. The molecular formula is C26H37N5O4S. The molecule has 36 heavy (non-hydrogen) atoms. The molecule has 1 aromatic heterocycles. The number of fused-ring (bicyclic) bond motifs is 1. The molecule has 3 aliphatic rings. The van der Waals surface area contributed by atoms with Crippen molar-refractivity contribution in [1.82, 2.24) is 18.5 Å². The van der Waals surface area contributed by atoms with E-state index in [1.807, 2.05) is 17.0 Å². The number of rotatable bonds is 5. The number of pyridine rings is 1. The number of benzene rings is 1. The molecule has 0 bridgehead atoms. The third kappa shape index (κ3) is 4.71. The number of hydrogen-bond donors (Lipinski definition) is 0. The molecule has 9 nitrogen and oxygen atoms in total. The number of carbonyl (C=O) groups excluding carboxylic acids is 1. The number of piperidine rings is 1. The van der Waals surface area contributed by atoms with Gasteiger partial charge in [-0.15, -0.1) is 0 Å². The van der Waals surface area contributed by atoms with E-state index in [4.69, 9.17) is 4.74 Å². The van der Waals surface area contributed by atoms with E-state index >= 15 is 0 Å². The zero-order chi connectivity index (χ0) is 25.6. The lowest BCUT2D eigenvalue weighted by atomic mass is 9.87. The number of nitrogens with zero attached hydrogens (tertiary/aromatic N) is 5. The molecule has 0 radical (unpaired) electrons. The molecule has 0 atom stereocenters. The monoisotopic (exact) mass is 515 g/mol. The molecule has 1 aromatic carbocycles. The minimum atomic E-state index is -3.55. The number of hydrogen-bond acceptors (Lipinski definition) is 6. The van der Waals surface area contributed by atoms with Crippen LogP contribution in [0.4, 0.5) is 5.69 Å². The molecule has 3 aliphatic heterocycles. The van der Waals surface area contributed by atoms with Crippen molar-refractivity contribution in [2.45, 2.75) is 51.2 Å². The fourth-order valence-corrected chi connectivity index (χ4v) is 7.07. The predicted octanol–water partition coefficient (Wildman–Crippen LogP) is 2.48. The van der Waals surface area contributed by atoms with Gasteiger partial charge in [-0.1, -0.05) is 19.1 Å². The third-order valence-corrected chi connectivity index (χ3v) is 10.4. The van der Waals surface area contributed by atoms with Gasteiger partial charge in [-0.2, -0.15) is 17.0 Å². The normalized spacial score (nSPS) is 22.5. The summed E-state index contributed by atoms with van der Waals surface area (Å²) in [6, 6.07) is 10.2. The van der Waals surface area contributed by atoms with Crippen LogP contribution >= 0.6 is 0 Å². The SMILES string of the molecule is CCC(C)(C)N1CC2(CCN(S(=O)(=O)N3CCN(c4ccc5cccnc5c4)CC3)CC2)OCC1=O. The summed E-state index contributed by atoms with van der Waals surface area (Å²) >= 11 is 0. The highest BCUT2D eigenvalue weighted by Gasteiger charge is 2.47. The molecule has 10 heteroatoms. The van der Waals surface area contributed by atoms with E-state index < -0.39 is 15.8 Å². The second kappa shape index (κ2) is 9.55. The van der Waals surface area contributed by atoms with Gasteiger partial charge in [-0.3, -0.25) is 9.78 Å².